The SMILES string of the molecule is C/C=C\C(=C/CC)c1ccnc(S)n1. The zero-order valence-corrected chi connectivity index (χ0v) is 9.33. The maximum Gasteiger partial charge on any atom is 0.184 e. The Hall–Kier alpha value is -1.09. The molecule has 0 fully saturated rings. The Morgan fingerprint density at radius 3 is 2.93 bits per heavy atom. The summed E-state index contributed by atoms with van der Waals surface area (Å²) < 4.78 is 0. The molecule has 74 valence electrons. The van der Waals surface area contributed by atoms with E-state index in [1.165, 1.54) is 0 Å². The first-order valence-electron chi connectivity index (χ1n) is 4.63. The van der Waals surface area contributed by atoms with Gasteiger partial charge < -0.3 is 0 Å². The van der Waals surface area contributed by atoms with Crippen molar-refractivity contribution in [3.05, 3.63) is 36.2 Å². The van der Waals surface area contributed by atoms with Crippen LogP contribution in [0.1, 0.15) is 26.0 Å². The lowest BCUT2D eigenvalue weighted by Gasteiger charge is -2.01. The highest BCUT2D eigenvalue weighted by Crippen LogP contribution is 2.14. The lowest BCUT2D eigenvalue weighted by molar-refractivity contribution is 0.960. The lowest BCUT2D eigenvalue weighted by atomic mass is 10.1. The molecule has 0 spiro atoms. The third-order valence-electron chi connectivity index (χ3n) is 1.71. The highest BCUT2D eigenvalue weighted by Gasteiger charge is 1.99. The molecule has 14 heavy (non-hydrogen) atoms. The molecule has 0 bridgehead atoms. The Morgan fingerprint density at radius 1 is 1.57 bits per heavy atom. The quantitative estimate of drug-likeness (QED) is 0.467. The Morgan fingerprint density at radius 2 is 2.36 bits per heavy atom. The number of hydrogen-bond donors (Lipinski definition) is 1. The maximum absolute atomic E-state index is 4.24. The van der Waals surface area contributed by atoms with Gasteiger partial charge in [-0.25, -0.2) is 9.97 Å². The van der Waals surface area contributed by atoms with Crippen LogP contribution in [0.5, 0.6) is 0 Å². The maximum atomic E-state index is 4.24. The fourth-order valence-electron chi connectivity index (χ4n) is 1.17. The van der Waals surface area contributed by atoms with Gasteiger partial charge in [0.25, 0.3) is 0 Å². The summed E-state index contributed by atoms with van der Waals surface area (Å²) in [5, 5.41) is 0.508. The molecule has 0 saturated carbocycles. The molecule has 0 unspecified atom stereocenters. The average molecular weight is 206 g/mol. The topological polar surface area (TPSA) is 25.8 Å². The normalized spacial score (nSPS) is 12.4. The summed E-state index contributed by atoms with van der Waals surface area (Å²) in [5.41, 5.74) is 2.04. The highest BCUT2D eigenvalue weighted by molar-refractivity contribution is 7.80. The molecule has 0 aliphatic carbocycles. The molecule has 0 aromatic carbocycles. The van der Waals surface area contributed by atoms with Gasteiger partial charge in [0.1, 0.15) is 0 Å². The molecule has 0 radical (unpaired) electrons. The molecule has 1 aromatic heterocycles. The van der Waals surface area contributed by atoms with E-state index in [4.69, 9.17) is 0 Å². The van der Waals surface area contributed by atoms with E-state index in [1.807, 2.05) is 25.1 Å². The van der Waals surface area contributed by atoms with Crippen molar-refractivity contribution < 1.29 is 0 Å². The van der Waals surface area contributed by atoms with Gasteiger partial charge in [-0.2, -0.15) is 0 Å². The molecule has 0 amide bonds. The Labute approximate surface area is 90.2 Å². The first-order chi connectivity index (χ1) is 6.77. The number of aromatic nitrogens is 2. The van der Waals surface area contributed by atoms with Crippen LogP contribution >= 0.6 is 12.6 Å². The summed E-state index contributed by atoms with van der Waals surface area (Å²) in [5.74, 6) is 0. The third-order valence-corrected chi connectivity index (χ3v) is 1.92. The van der Waals surface area contributed by atoms with Gasteiger partial charge in [-0.15, -0.1) is 12.6 Å². The number of hydrogen-bond acceptors (Lipinski definition) is 3. The minimum atomic E-state index is 0.508. The van der Waals surface area contributed by atoms with Crippen LogP contribution in [-0.4, -0.2) is 9.97 Å². The van der Waals surface area contributed by atoms with E-state index in [-0.39, 0.29) is 0 Å². The van der Waals surface area contributed by atoms with Gasteiger partial charge in [0, 0.05) is 6.20 Å². The first kappa shape index (κ1) is 11.0. The third kappa shape index (κ3) is 3.00. The van der Waals surface area contributed by atoms with E-state index < -0.39 is 0 Å². The molecule has 0 atom stereocenters. The molecule has 3 heteroatoms. The molecule has 0 N–H and O–H groups in total. The zero-order chi connectivity index (χ0) is 10.4. The first-order valence-corrected chi connectivity index (χ1v) is 5.08. The summed E-state index contributed by atoms with van der Waals surface area (Å²) >= 11 is 4.11. The van der Waals surface area contributed by atoms with Gasteiger partial charge in [-0.1, -0.05) is 25.2 Å². The van der Waals surface area contributed by atoms with Crippen molar-refractivity contribution >= 4 is 18.2 Å². The van der Waals surface area contributed by atoms with E-state index in [0.29, 0.717) is 5.16 Å². The van der Waals surface area contributed by atoms with Gasteiger partial charge in [0.15, 0.2) is 5.16 Å². The highest BCUT2D eigenvalue weighted by atomic mass is 32.1. The van der Waals surface area contributed by atoms with E-state index in [1.54, 1.807) is 6.20 Å². The Bertz CT molecular complexity index is 356. The second kappa shape index (κ2) is 5.60. The summed E-state index contributed by atoms with van der Waals surface area (Å²) in [7, 11) is 0. The van der Waals surface area contributed by atoms with Crippen molar-refractivity contribution in [3.8, 4) is 0 Å². The van der Waals surface area contributed by atoms with Crippen molar-refractivity contribution in [1.82, 2.24) is 9.97 Å². The number of rotatable bonds is 3. The van der Waals surface area contributed by atoms with Crippen LogP contribution in [0.4, 0.5) is 0 Å². The summed E-state index contributed by atoms with van der Waals surface area (Å²) in [6.45, 7) is 4.10. The largest absolute Gasteiger partial charge is 0.231 e. The fourth-order valence-corrected chi connectivity index (χ4v) is 1.34. The summed E-state index contributed by atoms with van der Waals surface area (Å²) in [6, 6.07) is 1.89. The Kier molecular flexibility index (Phi) is 4.40. The van der Waals surface area contributed by atoms with Crippen LogP contribution in [0, 0.1) is 0 Å². The van der Waals surface area contributed by atoms with Crippen molar-refractivity contribution in [1.29, 1.82) is 0 Å². The Balaban J connectivity index is 3.05. The minimum Gasteiger partial charge on any atom is -0.231 e. The zero-order valence-electron chi connectivity index (χ0n) is 8.44. The molecule has 0 aliphatic heterocycles. The number of thiol groups is 1. The van der Waals surface area contributed by atoms with Crippen LogP contribution < -0.4 is 0 Å². The van der Waals surface area contributed by atoms with E-state index >= 15 is 0 Å². The van der Waals surface area contributed by atoms with Crippen LogP contribution in [0.2, 0.25) is 0 Å². The standard InChI is InChI=1S/C11H14N2S/c1-3-5-9(6-4-2)10-7-8-12-11(14)13-10/h3,5-8H,4H2,1-2H3,(H,12,13,14)/b5-3-,9-6+. The predicted octanol–water partition coefficient (Wildman–Crippen LogP) is 3.13. The van der Waals surface area contributed by atoms with Crippen LogP contribution in [0.3, 0.4) is 0 Å². The fraction of sp³-hybridized carbons (Fsp3) is 0.273. The molecular weight excluding hydrogens is 192 g/mol. The molecule has 1 heterocycles. The van der Waals surface area contributed by atoms with E-state index in [0.717, 1.165) is 17.7 Å². The predicted molar refractivity (Wildman–Crippen MR) is 62.4 cm³/mol. The van der Waals surface area contributed by atoms with E-state index in [9.17, 15) is 0 Å². The summed E-state index contributed by atoms with van der Waals surface area (Å²) in [4.78, 5) is 8.19. The van der Waals surface area contributed by atoms with Gasteiger partial charge in [0.05, 0.1) is 5.69 Å². The van der Waals surface area contributed by atoms with Gasteiger partial charge in [0.2, 0.25) is 0 Å². The second-order valence-electron chi connectivity index (χ2n) is 2.81. The van der Waals surface area contributed by atoms with E-state index in [2.05, 4.69) is 35.6 Å². The van der Waals surface area contributed by atoms with Crippen molar-refractivity contribution in [2.24, 2.45) is 0 Å². The molecule has 1 rings (SSSR count). The minimum absolute atomic E-state index is 0.508. The molecule has 1 aromatic rings. The van der Waals surface area contributed by atoms with Gasteiger partial charge in [-0.3, -0.25) is 0 Å². The van der Waals surface area contributed by atoms with Crippen LogP contribution in [0.25, 0.3) is 5.57 Å². The average Bonchev–Trinajstić information content (AvgIpc) is 2.17. The monoisotopic (exact) mass is 206 g/mol. The van der Waals surface area contributed by atoms with Crippen molar-refractivity contribution in [2.45, 2.75) is 25.4 Å². The smallest absolute Gasteiger partial charge is 0.184 e. The molecule has 0 saturated heterocycles. The van der Waals surface area contributed by atoms with Crippen LogP contribution in [0.15, 0.2) is 35.6 Å². The van der Waals surface area contributed by atoms with Gasteiger partial charge >= 0.3 is 0 Å². The molecular formula is C11H14N2S. The second-order valence-corrected chi connectivity index (χ2v) is 3.21. The van der Waals surface area contributed by atoms with Crippen molar-refractivity contribution in [2.75, 3.05) is 0 Å². The molecule has 0 aliphatic rings. The summed E-state index contributed by atoms with van der Waals surface area (Å²) in [6.07, 6.45) is 8.89. The van der Waals surface area contributed by atoms with Crippen LogP contribution in [-0.2, 0) is 0 Å². The van der Waals surface area contributed by atoms with Crippen molar-refractivity contribution in [3.63, 3.8) is 0 Å². The number of nitrogens with zero attached hydrogens (tertiary/aromatic N) is 2. The lowest BCUT2D eigenvalue weighted by Crippen LogP contribution is -1.90. The molecule has 2 nitrogen and oxygen atoms in total. The van der Waals surface area contributed by atoms with Gasteiger partial charge in [-0.05, 0) is 25.0 Å². The number of allylic oxidation sites excluding steroid dienone is 4.